The summed E-state index contributed by atoms with van der Waals surface area (Å²) in [4.78, 5) is 27.4. The third-order valence-corrected chi connectivity index (χ3v) is 5.67. The minimum Gasteiger partial charge on any atom is -0.354 e. The molecule has 1 unspecified atom stereocenters. The van der Waals surface area contributed by atoms with Crippen LogP contribution in [-0.2, 0) is 13.5 Å². The predicted octanol–water partition coefficient (Wildman–Crippen LogP) is 4.44. The maximum absolute atomic E-state index is 13.1. The molecule has 4 heterocycles. The fraction of sp³-hybridized carbons (Fsp3) is 0.280. The second kappa shape index (κ2) is 7.95. The van der Waals surface area contributed by atoms with Crippen LogP contribution in [0.4, 0.5) is 5.82 Å². The van der Waals surface area contributed by atoms with Crippen molar-refractivity contribution in [2.45, 2.75) is 32.2 Å². The third-order valence-electron chi connectivity index (χ3n) is 5.67. The number of benzene rings is 1. The molecule has 5 rings (SSSR count). The highest BCUT2D eigenvalue weighted by molar-refractivity contribution is 5.98. The number of rotatable bonds is 5. The van der Waals surface area contributed by atoms with Gasteiger partial charge in [0.05, 0.1) is 26.0 Å². The van der Waals surface area contributed by atoms with Gasteiger partial charge in [0.25, 0.3) is 0 Å². The van der Waals surface area contributed by atoms with Gasteiger partial charge in [0.15, 0.2) is 5.78 Å². The second-order valence-electron chi connectivity index (χ2n) is 7.86. The Morgan fingerprint density at radius 2 is 2.10 bits per heavy atom. The van der Waals surface area contributed by atoms with E-state index in [2.05, 4.69) is 21.0 Å². The molecular formula is C25H25N5O. The number of fused-ring (bicyclic) bond motifs is 1. The van der Waals surface area contributed by atoms with Crippen molar-refractivity contribution in [2.75, 3.05) is 11.4 Å². The topological polar surface area (TPSA) is 63.9 Å². The number of ketones is 1. The normalized spacial score (nSPS) is 21.6. The molecule has 1 aliphatic heterocycles. The van der Waals surface area contributed by atoms with Crippen molar-refractivity contribution in [1.29, 1.82) is 0 Å². The van der Waals surface area contributed by atoms with Gasteiger partial charge in [-0.3, -0.25) is 9.78 Å². The third kappa shape index (κ3) is 3.81. The lowest BCUT2D eigenvalue weighted by Gasteiger charge is -2.22. The molecule has 156 valence electrons. The zero-order valence-corrected chi connectivity index (χ0v) is 17.5. The van der Waals surface area contributed by atoms with Crippen molar-refractivity contribution < 1.29 is 8.91 Å². The van der Waals surface area contributed by atoms with Gasteiger partial charge in [-0.2, -0.15) is 0 Å². The molecule has 0 aliphatic carbocycles. The first-order chi connectivity index (χ1) is 16.1. The highest BCUT2D eigenvalue weighted by atomic mass is 16.1. The Kier molecular flexibility index (Phi) is 4.15. The Labute approximate surface area is 185 Å². The molecule has 1 aliphatic rings. The molecule has 1 atom stereocenters. The van der Waals surface area contributed by atoms with Crippen LogP contribution in [0, 0.1) is 0 Å². The summed E-state index contributed by atoms with van der Waals surface area (Å²) < 4.78 is 27.0. The second-order valence-corrected chi connectivity index (χ2v) is 7.86. The highest BCUT2D eigenvalue weighted by Gasteiger charge is 2.22. The lowest BCUT2D eigenvalue weighted by atomic mass is 10.0. The summed E-state index contributed by atoms with van der Waals surface area (Å²) in [5.74, 6) is 0.169. The van der Waals surface area contributed by atoms with E-state index in [0.29, 0.717) is 23.5 Å². The first-order valence-corrected chi connectivity index (χ1v) is 10.3. The molecule has 1 fully saturated rings. The summed E-state index contributed by atoms with van der Waals surface area (Å²) in [6.45, 7) is -0.0105. The van der Waals surface area contributed by atoms with E-state index >= 15 is 0 Å². The highest BCUT2D eigenvalue weighted by Crippen LogP contribution is 2.26. The molecule has 0 N–H and O–H groups in total. The molecule has 1 saturated heterocycles. The van der Waals surface area contributed by atoms with Crippen molar-refractivity contribution in [3.8, 4) is 11.3 Å². The number of nitrogens with zero attached hydrogens (tertiary/aromatic N) is 5. The number of imidazole rings is 1. The minimum atomic E-state index is -1.68. The number of carbonyl (C=O) groups excluding carboxylic acids is 1. The van der Waals surface area contributed by atoms with E-state index in [4.69, 9.17) is 4.11 Å². The number of hydrogen-bond acceptors (Lipinski definition) is 5. The van der Waals surface area contributed by atoms with E-state index in [0.717, 1.165) is 22.0 Å². The molecule has 6 nitrogen and oxygen atoms in total. The van der Waals surface area contributed by atoms with Crippen LogP contribution in [0.3, 0.4) is 0 Å². The summed E-state index contributed by atoms with van der Waals surface area (Å²) in [7, 11) is 1.95. The van der Waals surface area contributed by atoms with E-state index in [1.807, 2.05) is 36.0 Å². The van der Waals surface area contributed by atoms with Gasteiger partial charge in [0.2, 0.25) is 0 Å². The van der Waals surface area contributed by atoms with Crippen molar-refractivity contribution in [3.05, 3.63) is 72.6 Å². The molecule has 31 heavy (non-hydrogen) atoms. The number of anilines is 1. The Balaban J connectivity index is 1.42. The van der Waals surface area contributed by atoms with Crippen LogP contribution in [0.15, 0.2) is 61.3 Å². The number of hydrogen-bond donors (Lipinski definition) is 0. The van der Waals surface area contributed by atoms with Crippen molar-refractivity contribution in [2.24, 2.45) is 7.05 Å². The summed E-state index contributed by atoms with van der Waals surface area (Å²) in [6.07, 6.45) is 7.60. The minimum absolute atomic E-state index is 0.111. The molecule has 6 heteroatoms. The lowest BCUT2D eigenvalue weighted by Crippen LogP contribution is -2.27. The predicted molar refractivity (Wildman–Crippen MR) is 122 cm³/mol. The van der Waals surface area contributed by atoms with E-state index < -0.39 is 12.5 Å². The van der Waals surface area contributed by atoms with Crippen LogP contribution in [0.2, 0.25) is 0 Å². The number of Topliss-reactive ketones (excluding diaryl/α,β-unsaturated/α-hetero) is 1. The largest absolute Gasteiger partial charge is 0.354 e. The molecular weight excluding hydrogens is 386 g/mol. The van der Waals surface area contributed by atoms with E-state index in [1.54, 1.807) is 31.6 Å². The van der Waals surface area contributed by atoms with Crippen LogP contribution < -0.4 is 4.90 Å². The van der Waals surface area contributed by atoms with Crippen LogP contribution in [0.25, 0.3) is 22.0 Å². The number of pyridine rings is 2. The molecule has 0 saturated carbocycles. The maximum Gasteiger partial charge on any atom is 0.169 e. The first-order valence-electron chi connectivity index (χ1n) is 11.8. The Hall–Kier alpha value is -3.54. The fourth-order valence-corrected chi connectivity index (χ4v) is 3.93. The number of carbonyl (C=O) groups is 1. The summed E-state index contributed by atoms with van der Waals surface area (Å²) in [6, 6.07) is 10.1. The van der Waals surface area contributed by atoms with Gasteiger partial charge in [-0.25, -0.2) is 9.97 Å². The van der Waals surface area contributed by atoms with Crippen LogP contribution in [-0.4, -0.2) is 37.8 Å². The van der Waals surface area contributed by atoms with Crippen molar-refractivity contribution >= 4 is 22.4 Å². The number of aromatic nitrogens is 4. The zero-order chi connectivity index (χ0) is 24.1. The van der Waals surface area contributed by atoms with Crippen LogP contribution in [0.1, 0.15) is 39.9 Å². The summed E-state index contributed by atoms with van der Waals surface area (Å²) in [5.41, 5.74) is 3.12. The van der Waals surface area contributed by atoms with Crippen molar-refractivity contribution in [3.63, 3.8) is 0 Å². The average molecular weight is 415 g/mol. The summed E-state index contributed by atoms with van der Waals surface area (Å²) >= 11 is 0. The Morgan fingerprint density at radius 3 is 2.87 bits per heavy atom. The van der Waals surface area contributed by atoms with E-state index in [9.17, 15) is 4.79 Å². The first kappa shape index (κ1) is 16.2. The fourth-order valence-electron chi connectivity index (χ4n) is 3.93. The molecule has 1 aromatic carbocycles. The molecule has 3 aromatic heterocycles. The van der Waals surface area contributed by atoms with Gasteiger partial charge in [-0.15, -0.1) is 0 Å². The van der Waals surface area contributed by atoms with Gasteiger partial charge in [-0.1, -0.05) is 12.1 Å². The zero-order valence-electron chi connectivity index (χ0n) is 20.5. The van der Waals surface area contributed by atoms with E-state index in [1.165, 1.54) is 11.1 Å². The monoisotopic (exact) mass is 414 g/mol. The van der Waals surface area contributed by atoms with Gasteiger partial charge in [-0.05, 0) is 49.4 Å². The molecule has 0 radical (unpaired) electrons. The average Bonchev–Trinajstić information content (AvgIpc) is 3.32. The number of aryl methyl sites for hydroxylation is 1. The molecule has 0 amide bonds. The molecule has 0 spiro atoms. The van der Waals surface area contributed by atoms with Crippen LogP contribution >= 0.6 is 0 Å². The van der Waals surface area contributed by atoms with Gasteiger partial charge in [0.1, 0.15) is 5.82 Å². The standard InChI is InChI=1S/C25H25N5O/c1-17-4-3-9-30(17)25-12-19(7-8-27-25)24(31)13-22-11-21-10-18(5-6-20(21)14-28-22)23-15-26-16-29(23)2/h5-8,10-12,14-17H,3-4,9,13H2,1-2H3/i9D2,17D. The quantitative estimate of drug-likeness (QED) is 0.452. The lowest BCUT2D eigenvalue weighted by molar-refractivity contribution is 0.0992. The SMILES string of the molecule is [2H]C1([2H])CCC([2H])(C)N1c1cc(C(=O)Cc2cc3cc(-c4cncn4C)ccc3cn2)ccn1. The molecule has 0 bridgehead atoms. The van der Waals surface area contributed by atoms with Gasteiger partial charge < -0.3 is 9.47 Å². The maximum atomic E-state index is 13.1. The smallest absolute Gasteiger partial charge is 0.169 e. The van der Waals surface area contributed by atoms with Gasteiger partial charge >= 0.3 is 0 Å². The van der Waals surface area contributed by atoms with Crippen LogP contribution in [0.5, 0.6) is 0 Å². The van der Waals surface area contributed by atoms with E-state index in [-0.39, 0.29) is 18.6 Å². The summed E-state index contributed by atoms with van der Waals surface area (Å²) in [5, 5.41) is 1.97. The Bertz CT molecular complexity index is 1380. The van der Waals surface area contributed by atoms with Gasteiger partial charge in [0, 0.05) is 56.9 Å². The molecule has 4 aromatic rings. The Morgan fingerprint density at radius 1 is 1.19 bits per heavy atom. The van der Waals surface area contributed by atoms with Crippen molar-refractivity contribution in [1.82, 2.24) is 19.5 Å².